The topological polar surface area (TPSA) is 41.9 Å². The Morgan fingerprint density at radius 3 is 2.58 bits per heavy atom. The number of aliphatic hydroxyl groups excluding tert-OH is 1. The maximum Gasteiger partial charge on any atom is 0.142 e. The zero-order valence-corrected chi connectivity index (χ0v) is 12.1. The van der Waals surface area contributed by atoms with Gasteiger partial charge in [0.25, 0.3) is 0 Å². The zero-order chi connectivity index (χ0) is 14.0. The molecule has 0 radical (unpaired) electrons. The summed E-state index contributed by atoms with van der Waals surface area (Å²) < 4.78 is 10.8. The first-order chi connectivity index (χ1) is 9.01. The average Bonchev–Trinajstić information content (AvgIpc) is 2.73. The van der Waals surface area contributed by atoms with Crippen LogP contribution in [0.15, 0.2) is 18.2 Å². The summed E-state index contributed by atoms with van der Waals surface area (Å²) in [5, 5.41) is 9.41. The Balaban J connectivity index is 2.39. The van der Waals surface area contributed by atoms with E-state index in [1.165, 1.54) is 0 Å². The summed E-state index contributed by atoms with van der Waals surface area (Å²) >= 11 is 0. The van der Waals surface area contributed by atoms with E-state index >= 15 is 0 Å². The highest BCUT2D eigenvalue weighted by Gasteiger charge is 2.39. The molecule has 1 heterocycles. The van der Waals surface area contributed by atoms with Crippen molar-refractivity contribution in [2.24, 2.45) is 5.92 Å². The Hall–Kier alpha value is -1.42. The molecule has 0 aromatic heterocycles. The number of anilines is 1. The lowest BCUT2D eigenvalue weighted by atomic mass is 9.96. The van der Waals surface area contributed by atoms with Gasteiger partial charge in [0.2, 0.25) is 0 Å². The molecule has 1 unspecified atom stereocenters. The van der Waals surface area contributed by atoms with Crippen LogP contribution in [0, 0.1) is 5.92 Å². The van der Waals surface area contributed by atoms with Crippen LogP contribution in [-0.4, -0.2) is 38.0 Å². The average molecular weight is 265 g/mol. The van der Waals surface area contributed by atoms with Gasteiger partial charge in [-0.05, 0) is 32.4 Å². The van der Waals surface area contributed by atoms with Crippen LogP contribution in [0.2, 0.25) is 0 Å². The van der Waals surface area contributed by atoms with E-state index in [1.54, 1.807) is 14.2 Å². The molecule has 1 fully saturated rings. The molecular weight excluding hydrogens is 242 g/mol. The van der Waals surface area contributed by atoms with Gasteiger partial charge in [0.1, 0.15) is 11.5 Å². The maximum absolute atomic E-state index is 9.41. The molecule has 1 aliphatic rings. The molecule has 4 nitrogen and oxygen atoms in total. The molecule has 1 saturated heterocycles. The predicted octanol–water partition coefficient (Wildman–Crippen LogP) is 2.30. The first-order valence-corrected chi connectivity index (χ1v) is 6.62. The summed E-state index contributed by atoms with van der Waals surface area (Å²) in [5.41, 5.74) is 1.04. The third kappa shape index (κ3) is 2.63. The van der Waals surface area contributed by atoms with Crippen LogP contribution in [0.1, 0.15) is 20.3 Å². The first kappa shape index (κ1) is 14.0. The highest BCUT2D eigenvalue weighted by Crippen LogP contribution is 2.42. The van der Waals surface area contributed by atoms with E-state index in [0.29, 0.717) is 5.92 Å². The summed E-state index contributed by atoms with van der Waals surface area (Å²) in [6, 6.07) is 5.83. The van der Waals surface area contributed by atoms with Gasteiger partial charge in [-0.15, -0.1) is 0 Å². The fourth-order valence-corrected chi connectivity index (χ4v) is 2.94. The number of methoxy groups -OCH3 is 2. The fraction of sp³-hybridized carbons (Fsp3) is 0.600. The van der Waals surface area contributed by atoms with Gasteiger partial charge in [0.15, 0.2) is 0 Å². The van der Waals surface area contributed by atoms with Gasteiger partial charge in [-0.1, -0.05) is 0 Å². The molecule has 1 aromatic carbocycles. The molecule has 2 rings (SSSR count). The minimum atomic E-state index is 0.00699. The lowest BCUT2D eigenvalue weighted by molar-refractivity contribution is 0.232. The van der Waals surface area contributed by atoms with Gasteiger partial charge in [-0.25, -0.2) is 0 Å². The summed E-state index contributed by atoms with van der Waals surface area (Å²) in [6.45, 7) is 5.46. The van der Waals surface area contributed by atoms with Crippen molar-refractivity contribution in [1.29, 1.82) is 0 Å². The lowest BCUT2D eigenvalue weighted by Crippen LogP contribution is -2.38. The summed E-state index contributed by atoms with van der Waals surface area (Å²) in [5.74, 6) is 1.97. The largest absolute Gasteiger partial charge is 0.497 e. The van der Waals surface area contributed by atoms with E-state index in [9.17, 15) is 5.11 Å². The number of nitrogens with zero attached hydrogens (tertiary/aromatic N) is 1. The second-order valence-electron chi connectivity index (χ2n) is 5.71. The number of hydrogen-bond donors (Lipinski definition) is 1. The van der Waals surface area contributed by atoms with Crippen molar-refractivity contribution in [2.75, 3.05) is 32.3 Å². The molecule has 1 N–H and O–H groups in total. The van der Waals surface area contributed by atoms with Crippen LogP contribution in [0.5, 0.6) is 11.5 Å². The molecule has 1 aromatic rings. The van der Waals surface area contributed by atoms with Crippen molar-refractivity contribution >= 4 is 5.69 Å². The van der Waals surface area contributed by atoms with Crippen molar-refractivity contribution in [3.05, 3.63) is 18.2 Å². The molecular formula is C15H23NO3. The number of aliphatic hydroxyl groups is 1. The monoisotopic (exact) mass is 265 g/mol. The van der Waals surface area contributed by atoms with E-state index < -0.39 is 0 Å². The third-order valence-electron chi connectivity index (χ3n) is 3.89. The Morgan fingerprint density at radius 1 is 1.32 bits per heavy atom. The van der Waals surface area contributed by atoms with Crippen LogP contribution in [0.3, 0.4) is 0 Å². The van der Waals surface area contributed by atoms with E-state index in [-0.39, 0.29) is 12.1 Å². The molecule has 0 spiro atoms. The van der Waals surface area contributed by atoms with Crippen molar-refractivity contribution in [3.63, 3.8) is 0 Å². The van der Waals surface area contributed by atoms with Crippen LogP contribution < -0.4 is 14.4 Å². The van der Waals surface area contributed by atoms with Gasteiger partial charge in [0.05, 0.1) is 19.9 Å². The highest BCUT2D eigenvalue weighted by atomic mass is 16.5. The maximum atomic E-state index is 9.41. The van der Waals surface area contributed by atoms with Crippen molar-refractivity contribution in [3.8, 4) is 11.5 Å². The minimum Gasteiger partial charge on any atom is -0.497 e. The van der Waals surface area contributed by atoms with E-state index in [0.717, 1.165) is 30.2 Å². The fourth-order valence-electron chi connectivity index (χ4n) is 2.94. The molecule has 4 heteroatoms. The highest BCUT2D eigenvalue weighted by molar-refractivity contribution is 5.63. The second kappa shape index (κ2) is 5.29. The zero-order valence-electron chi connectivity index (χ0n) is 12.1. The van der Waals surface area contributed by atoms with E-state index in [2.05, 4.69) is 18.7 Å². The van der Waals surface area contributed by atoms with Gasteiger partial charge >= 0.3 is 0 Å². The van der Waals surface area contributed by atoms with Gasteiger partial charge < -0.3 is 19.5 Å². The van der Waals surface area contributed by atoms with Crippen LogP contribution in [0.4, 0.5) is 5.69 Å². The van der Waals surface area contributed by atoms with Crippen LogP contribution >= 0.6 is 0 Å². The standard InChI is InChI=1S/C15H23NO3/c1-15(2)8-11(10-17)9-16(15)13-7-12(18-3)5-6-14(13)19-4/h5-7,11,17H,8-10H2,1-4H3. The van der Waals surface area contributed by atoms with Gasteiger partial charge in [0, 0.05) is 30.7 Å². The molecule has 0 saturated carbocycles. The van der Waals surface area contributed by atoms with Gasteiger partial charge in [-0.2, -0.15) is 0 Å². The molecule has 0 aliphatic carbocycles. The Labute approximate surface area is 114 Å². The summed E-state index contributed by atoms with van der Waals surface area (Å²) in [7, 11) is 3.34. The molecule has 1 aliphatic heterocycles. The molecule has 1 atom stereocenters. The van der Waals surface area contributed by atoms with Crippen molar-refractivity contribution in [2.45, 2.75) is 25.8 Å². The number of benzene rings is 1. The van der Waals surface area contributed by atoms with Crippen LogP contribution in [0.25, 0.3) is 0 Å². The lowest BCUT2D eigenvalue weighted by Gasteiger charge is -2.34. The number of ether oxygens (including phenoxy) is 2. The Morgan fingerprint density at radius 2 is 2.05 bits per heavy atom. The SMILES string of the molecule is COc1ccc(OC)c(N2CC(CO)CC2(C)C)c1. The minimum absolute atomic E-state index is 0.00699. The number of hydrogen-bond acceptors (Lipinski definition) is 4. The second-order valence-corrected chi connectivity index (χ2v) is 5.71. The third-order valence-corrected chi connectivity index (χ3v) is 3.89. The summed E-state index contributed by atoms with van der Waals surface area (Å²) in [4.78, 5) is 2.30. The van der Waals surface area contributed by atoms with E-state index in [4.69, 9.17) is 9.47 Å². The normalized spacial score (nSPS) is 21.5. The molecule has 106 valence electrons. The van der Waals surface area contributed by atoms with Gasteiger partial charge in [-0.3, -0.25) is 0 Å². The molecule has 19 heavy (non-hydrogen) atoms. The summed E-state index contributed by atoms with van der Waals surface area (Å²) in [6.07, 6.45) is 0.976. The Kier molecular flexibility index (Phi) is 3.90. The smallest absolute Gasteiger partial charge is 0.142 e. The van der Waals surface area contributed by atoms with Crippen molar-refractivity contribution < 1.29 is 14.6 Å². The first-order valence-electron chi connectivity index (χ1n) is 6.62. The molecule has 0 bridgehead atoms. The predicted molar refractivity (Wildman–Crippen MR) is 76.2 cm³/mol. The van der Waals surface area contributed by atoms with Crippen molar-refractivity contribution in [1.82, 2.24) is 0 Å². The quantitative estimate of drug-likeness (QED) is 0.907. The Bertz CT molecular complexity index is 445. The van der Waals surface area contributed by atoms with Crippen LogP contribution in [-0.2, 0) is 0 Å². The number of rotatable bonds is 4. The van der Waals surface area contributed by atoms with E-state index in [1.807, 2.05) is 18.2 Å². The molecule has 0 amide bonds.